The van der Waals surface area contributed by atoms with Crippen LogP contribution in [0.1, 0.15) is 18.7 Å². The molecule has 0 saturated heterocycles. The van der Waals surface area contributed by atoms with Crippen LogP contribution in [0.5, 0.6) is 0 Å². The first-order valence-corrected chi connectivity index (χ1v) is 12.1. The van der Waals surface area contributed by atoms with Gasteiger partial charge in [0.2, 0.25) is 15.9 Å². The monoisotopic (exact) mass is 490 g/mol. The zero-order chi connectivity index (χ0) is 24.7. The summed E-state index contributed by atoms with van der Waals surface area (Å²) in [5.41, 5.74) is 0.250. The Morgan fingerprint density at radius 1 is 1.12 bits per heavy atom. The number of carbonyl (C=O) groups excluding carboxylic acids is 1. The zero-order valence-corrected chi connectivity index (χ0v) is 19.8. The molecule has 11 heteroatoms. The molecule has 0 aliphatic carbocycles. The van der Waals surface area contributed by atoms with Crippen molar-refractivity contribution in [1.82, 2.24) is 19.2 Å². The van der Waals surface area contributed by atoms with Crippen LogP contribution in [0.4, 0.5) is 4.39 Å². The zero-order valence-electron chi connectivity index (χ0n) is 19.0. The van der Waals surface area contributed by atoms with E-state index in [4.69, 9.17) is 4.74 Å². The second kappa shape index (κ2) is 11.3. The van der Waals surface area contributed by atoms with Crippen LogP contribution in [-0.4, -0.2) is 67.4 Å². The number of ether oxygens (including phenoxy) is 1. The molecule has 0 bridgehead atoms. The van der Waals surface area contributed by atoms with E-state index in [1.807, 2.05) is 0 Å². The maximum absolute atomic E-state index is 13.1. The number of nitrogens with one attached hydrogen (secondary N) is 1. The van der Waals surface area contributed by atoms with Gasteiger partial charge < -0.3 is 14.6 Å². The predicted octanol–water partition coefficient (Wildman–Crippen LogP) is 2.14. The Balaban J connectivity index is 1.64. The van der Waals surface area contributed by atoms with E-state index in [9.17, 15) is 22.4 Å². The summed E-state index contributed by atoms with van der Waals surface area (Å²) in [4.78, 5) is 33.9. The minimum Gasteiger partial charge on any atom is -0.383 e. The lowest BCUT2D eigenvalue weighted by atomic mass is 10.2. The number of benzene rings is 2. The molecular formula is C23H27FN4O5S. The number of methoxy groups -OCH3 is 1. The first-order chi connectivity index (χ1) is 16.2. The van der Waals surface area contributed by atoms with Crippen molar-refractivity contribution in [1.29, 1.82) is 0 Å². The highest BCUT2D eigenvalue weighted by Crippen LogP contribution is 2.16. The number of carbonyl (C=O) groups is 1. The van der Waals surface area contributed by atoms with Gasteiger partial charge in [0.15, 0.2) is 0 Å². The molecule has 2 aromatic carbocycles. The SMILES string of the molecule is COCCN(Cc1nc2ccccc2c(=O)[nH]1)C(=O)CCCN(C)S(=O)(=O)c1ccc(F)cc1. The van der Waals surface area contributed by atoms with Crippen LogP contribution < -0.4 is 5.56 Å². The number of sulfonamides is 1. The summed E-state index contributed by atoms with van der Waals surface area (Å²) in [5.74, 6) is -0.393. The molecule has 1 amide bonds. The Morgan fingerprint density at radius 2 is 1.82 bits per heavy atom. The highest BCUT2D eigenvalue weighted by Gasteiger charge is 2.22. The van der Waals surface area contributed by atoms with Crippen molar-refractivity contribution < 1.29 is 22.3 Å². The molecular weight excluding hydrogens is 463 g/mol. The number of fused-ring (bicyclic) bond motifs is 1. The van der Waals surface area contributed by atoms with Gasteiger partial charge in [-0.15, -0.1) is 0 Å². The molecule has 0 aliphatic rings. The van der Waals surface area contributed by atoms with Gasteiger partial charge in [-0.3, -0.25) is 9.59 Å². The summed E-state index contributed by atoms with van der Waals surface area (Å²) in [5, 5.41) is 0.464. The number of halogens is 1. The number of para-hydroxylation sites is 1. The van der Waals surface area contributed by atoms with Crippen molar-refractivity contribution in [3.05, 3.63) is 70.5 Å². The van der Waals surface area contributed by atoms with Crippen LogP contribution in [-0.2, 0) is 26.1 Å². The molecule has 0 fully saturated rings. The van der Waals surface area contributed by atoms with Crippen LogP contribution in [0.3, 0.4) is 0 Å². The number of nitrogens with zero attached hydrogens (tertiary/aromatic N) is 3. The van der Waals surface area contributed by atoms with Crippen LogP contribution >= 0.6 is 0 Å². The third-order valence-electron chi connectivity index (χ3n) is 5.31. The van der Waals surface area contributed by atoms with E-state index in [0.717, 1.165) is 16.4 Å². The van der Waals surface area contributed by atoms with E-state index in [-0.39, 0.29) is 48.8 Å². The molecule has 0 aliphatic heterocycles. The van der Waals surface area contributed by atoms with Gasteiger partial charge in [-0.1, -0.05) is 12.1 Å². The Morgan fingerprint density at radius 3 is 2.53 bits per heavy atom. The van der Waals surface area contributed by atoms with Crippen molar-refractivity contribution in [3.63, 3.8) is 0 Å². The van der Waals surface area contributed by atoms with Crippen LogP contribution in [0.2, 0.25) is 0 Å². The average molecular weight is 491 g/mol. The Hall–Kier alpha value is -3.15. The van der Waals surface area contributed by atoms with Gasteiger partial charge >= 0.3 is 0 Å². The largest absolute Gasteiger partial charge is 0.383 e. The van der Waals surface area contributed by atoms with Crippen molar-refractivity contribution in [2.75, 3.05) is 33.9 Å². The normalized spacial score (nSPS) is 11.8. The highest BCUT2D eigenvalue weighted by atomic mass is 32.2. The first kappa shape index (κ1) is 25.5. The third-order valence-corrected chi connectivity index (χ3v) is 7.18. The summed E-state index contributed by atoms with van der Waals surface area (Å²) in [7, 11) is -0.856. The summed E-state index contributed by atoms with van der Waals surface area (Å²) in [6.45, 7) is 0.776. The molecule has 9 nitrogen and oxygen atoms in total. The van der Waals surface area contributed by atoms with E-state index in [1.54, 1.807) is 24.3 Å². The third kappa shape index (κ3) is 6.25. The maximum atomic E-state index is 13.1. The molecule has 34 heavy (non-hydrogen) atoms. The Bertz CT molecular complexity index is 1290. The summed E-state index contributed by atoms with van der Waals surface area (Å²) in [6, 6.07) is 11.5. The molecule has 0 saturated carbocycles. The van der Waals surface area contributed by atoms with Gasteiger partial charge in [0.05, 0.1) is 29.0 Å². The lowest BCUT2D eigenvalue weighted by Gasteiger charge is -2.23. The molecule has 1 heterocycles. The lowest BCUT2D eigenvalue weighted by Crippen LogP contribution is -2.35. The van der Waals surface area contributed by atoms with E-state index < -0.39 is 15.8 Å². The first-order valence-electron chi connectivity index (χ1n) is 10.7. The summed E-state index contributed by atoms with van der Waals surface area (Å²) < 4.78 is 44.6. The number of hydrogen-bond donors (Lipinski definition) is 1. The standard InChI is InChI=1S/C23H27FN4O5S/c1-27(34(31,32)18-11-9-17(24)10-12-18)13-5-8-22(29)28(14-15-33-2)16-21-25-20-7-4-3-6-19(20)23(30)26-21/h3-4,6-7,9-12H,5,8,13-16H2,1-2H3,(H,25,26,30). The van der Waals surface area contributed by atoms with E-state index in [1.165, 1.54) is 31.2 Å². The van der Waals surface area contributed by atoms with Crippen molar-refractivity contribution in [2.24, 2.45) is 0 Å². The number of amides is 1. The quantitative estimate of drug-likeness (QED) is 0.441. The number of rotatable bonds is 11. The summed E-state index contributed by atoms with van der Waals surface area (Å²) >= 11 is 0. The molecule has 3 rings (SSSR count). The fourth-order valence-electron chi connectivity index (χ4n) is 3.40. The van der Waals surface area contributed by atoms with E-state index in [2.05, 4.69) is 9.97 Å². The van der Waals surface area contributed by atoms with Crippen LogP contribution in [0.25, 0.3) is 10.9 Å². The molecule has 1 aromatic heterocycles. The molecule has 3 aromatic rings. The number of hydrogen-bond acceptors (Lipinski definition) is 6. The number of aromatic nitrogens is 2. The topological polar surface area (TPSA) is 113 Å². The molecule has 0 unspecified atom stereocenters. The van der Waals surface area contributed by atoms with Gasteiger partial charge in [-0.25, -0.2) is 22.1 Å². The van der Waals surface area contributed by atoms with Crippen LogP contribution in [0, 0.1) is 5.82 Å². The fraction of sp³-hybridized carbons (Fsp3) is 0.348. The fourth-order valence-corrected chi connectivity index (χ4v) is 4.61. The van der Waals surface area contributed by atoms with Crippen molar-refractivity contribution >= 4 is 26.8 Å². The van der Waals surface area contributed by atoms with E-state index in [0.29, 0.717) is 23.3 Å². The van der Waals surface area contributed by atoms with Gasteiger partial charge in [0, 0.05) is 33.7 Å². The molecule has 0 atom stereocenters. The molecule has 0 radical (unpaired) electrons. The smallest absolute Gasteiger partial charge is 0.258 e. The molecule has 182 valence electrons. The predicted molar refractivity (Wildman–Crippen MR) is 125 cm³/mol. The maximum Gasteiger partial charge on any atom is 0.258 e. The van der Waals surface area contributed by atoms with Gasteiger partial charge in [0.25, 0.3) is 5.56 Å². The van der Waals surface area contributed by atoms with Crippen LogP contribution in [0.15, 0.2) is 58.2 Å². The van der Waals surface area contributed by atoms with E-state index >= 15 is 0 Å². The minimum atomic E-state index is -3.79. The number of aromatic amines is 1. The second-order valence-electron chi connectivity index (χ2n) is 7.72. The van der Waals surface area contributed by atoms with Gasteiger partial charge in [0.1, 0.15) is 11.6 Å². The Labute approximate surface area is 197 Å². The highest BCUT2D eigenvalue weighted by molar-refractivity contribution is 7.89. The Kier molecular flexibility index (Phi) is 8.48. The van der Waals surface area contributed by atoms with Crippen molar-refractivity contribution in [3.8, 4) is 0 Å². The second-order valence-corrected chi connectivity index (χ2v) is 9.77. The van der Waals surface area contributed by atoms with Gasteiger partial charge in [-0.2, -0.15) is 0 Å². The minimum absolute atomic E-state index is 0.0178. The van der Waals surface area contributed by atoms with Crippen molar-refractivity contribution in [2.45, 2.75) is 24.3 Å². The average Bonchev–Trinajstić information content (AvgIpc) is 2.81. The molecule has 0 spiro atoms. The molecule has 1 N–H and O–H groups in total. The van der Waals surface area contributed by atoms with Gasteiger partial charge in [-0.05, 0) is 42.8 Å². The number of H-pyrrole nitrogens is 1. The lowest BCUT2D eigenvalue weighted by molar-refractivity contribution is -0.132. The summed E-state index contributed by atoms with van der Waals surface area (Å²) in [6.07, 6.45) is 0.367.